The first-order valence-electron chi connectivity index (χ1n) is 6.57. The SMILES string of the molecule is CC(C)c1cc(=O)n(CC(=O)Nc2cccc(F)c2)cn1. The number of amides is 1. The predicted octanol–water partition coefficient (Wildman–Crippen LogP) is 2.14. The van der Waals surface area contributed by atoms with E-state index in [2.05, 4.69) is 10.3 Å². The van der Waals surface area contributed by atoms with E-state index < -0.39 is 11.7 Å². The van der Waals surface area contributed by atoms with Crippen molar-refractivity contribution in [3.63, 3.8) is 0 Å². The van der Waals surface area contributed by atoms with E-state index in [1.807, 2.05) is 13.8 Å². The minimum atomic E-state index is -0.437. The molecule has 1 N–H and O–H groups in total. The quantitative estimate of drug-likeness (QED) is 0.938. The second-order valence-electron chi connectivity index (χ2n) is 4.99. The molecule has 0 atom stereocenters. The van der Waals surface area contributed by atoms with Crippen molar-refractivity contribution in [1.82, 2.24) is 9.55 Å². The minimum absolute atomic E-state index is 0.147. The number of aromatic nitrogens is 2. The molecule has 110 valence electrons. The minimum Gasteiger partial charge on any atom is -0.324 e. The van der Waals surface area contributed by atoms with Crippen LogP contribution in [0, 0.1) is 5.82 Å². The van der Waals surface area contributed by atoms with Crippen LogP contribution in [-0.2, 0) is 11.3 Å². The van der Waals surface area contributed by atoms with Gasteiger partial charge in [0.2, 0.25) is 5.91 Å². The van der Waals surface area contributed by atoms with Gasteiger partial charge in [-0.3, -0.25) is 14.2 Å². The average molecular weight is 289 g/mol. The number of anilines is 1. The van der Waals surface area contributed by atoms with Gasteiger partial charge in [-0.25, -0.2) is 9.37 Å². The van der Waals surface area contributed by atoms with Crippen LogP contribution in [0.1, 0.15) is 25.5 Å². The molecular weight excluding hydrogens is 273 g/mol. The number of carbonyl (C=O) groups excluding carboxylic acids is 1. The van der Waals surface area contributed by atoms with Crippen LogP contribution in [-0.4, -0.2) is 15.5 Å². The molecule has 1 aromatic carbocycles. The van der Waals surface area contributed by atoms with Gasteiger partial charge in [0.25, 0.3) is 5.56 Å². The van der Waals surface area contributed by atoms with Crippen LogP contribution in [0.4, 0.5) is 10.1 Å². The van der Waals surface area contributed by atoms with Crippen molar-refractivity contribution in [1.29, 1.82) is 0 Å². The number of carbonyl (C=O) groups is 1. The molecule has 0 saturated carbocycles. The van der Waals surface area contributed by atoms with E-state index in [9.17, 15) is 14.0 Å². The van der Waals surface area contributed by atoms with Crippen LogP contribution < -0.4 is 10.9 Å². The van der Waals surface area contributed by atoms with Crippen LogP contribution in [0.2, 0.25) is 0 Å². The van der Waals surface area contributed by atoms with Crippen molar-refractivity contribution < 1.29 is 9.18 Å². The van der Waals surface area contributed by atoms with Gasteiger partial charge in [-0.2, -0.15) is 0 Å². The standard InChI is InChI=1S/C15H16FN3O2/c1-10(2)13-7-15(21)19(9-17-13)8-14(20)18-12-5-3-4-11(16)6-12/h3-7,9-10H,8H2,1-2H3,(H,18,20). The first-order chi connectivity index (χ1) is 9.95. The van der Waals surface area contributed by atoms with Crippen molar-refractivity contribution in [2.45, 2.75) is 26.3 Å². The normalized spacial score (nSPS) is 10.7. The Morgan fingerprint density at radius 2 is 2.14 bits per heavy atom. The maximum absolute atomic E-state index is 13.0. The molecule has 5 nitrogen and oxygen atoms in total. The summed E-state index contributed by atoms with van der Waals surface area (Å²) in [7, 11) is 0. The summed E-state index contributed by atoms with van der Waals surface area (Å²) in [6.07, 6.45) is 1.35. The third kappa shape index (κ3) is 3.98. The fourth-order valence-corrected chi connectivity index (χ4v) is 1.80. The van der Waals surface area contributed by atoms with E-state index in [1.165, 1.54) is 35.2 Å². The Labute approximate surface area is 121 Å². The second-order valence-corrected chi connectivity index (χ2v) is 4.99. The highest BCUT2D eigenvalue weighted by molar-refractivity contribution is 5.90. The van der Waals surface area contributed by atoms with Crippen molar-refractivity contribution >= 4 is 11.6 Å². The topological polar surface area (TPSA) is 64.0 Å². The molecule has 0 fully saturated rings. The maximum atomic E-state index is 13.0. The van der Waals surface area contributed by atoms with Gasteiger partial charge in [-0.15, -0.1) is 0 Å². The fourth-order valence-electron chi connectivity index (χ4n) is 1.80. The molecule has 1 heterocycles. The van der Waals surface area contributed by atoms with Crippen molar-refractivity contribution in [2.24, 2.45) is 0 Å². The Hall–Kier alpha value is -2.50. The molecule has 0 aliphatic rings. The molecule has 0 radical (unpaired) electrons. The van der Waals surface area contributed by atoms with Gasteiger partial charge in [0, 0.05) is 11.8 Å². The first-order valence-corrected chi connectivity index (χ1v) is 6.57. The number of halogens is 1. The molecule has 6 heteroatoms. The van der Waals surface area contributed by atoms with E-state index in [-0.39, 0.29) is 18.0 Å². The summed E-state index contributed by atoms with van der Waals surface area (Å²) in [5.41, 5.74) is 0.740. The number of hydrogen-bond acceptors (Lipinski definition) is 3. The smallest absolute Gasteiger partial charge is 0.254 e. The molecule has 0 aliphatic heterocycles. The Morgan fingerprint density at radius 3 is 2.76 bits per heavy atom. The number of rotatable bonds is 4. The van der Waals surface area contributed by atoms with Gasteiger partial charge >= 0.3 is 0 Å². The van der Waals surface area contributed by atoms with Crippen molar-refractivity contribution in [2.75, 3.05) is 5.32 Å². The molecule has 0 spiro atoms. The highest BCUT2D eigenvalue weighted by Crippen LogP contribution is 2.09. The summed E-state index contributed by atoms with van der Waals surface area (Å²) in [5.74, 6) is -0.705. The molecule has 1 aromatic heterocycles. The van der Waals surface area contributed by atoms with E-state index in [1.54, 1.807) is 6.07 Å². The average Bonchev–Trinajstić information content (AvgIpc) is 2.40. The van der Waals surface area contributed by atoms with Crippen molar-refractivity contribution in [3.05, 3.63) is 58.5 Å². The summed E-state index contributed by atoms with van der Waals surface area (Å²) < 4.78 is 14.2. The van der Waals surface area contributed by atoms with Crippen LogP contribution >= 0.6 is 0 Å². The van der Waals surface area contributed by atoms with Gasteiger partial charge in [0.1, 0.15) is 12.4 Å². The zero-order chi connectivity index (χ0) is 15.4. The monoisotopic (exact) mass is 289 g/mol. The molecule has 0 unspecified atom stereocenters. The second kappa shape index (κ2) is 6.30. The number of nitrogens with one attached hydrogen (secondary N) is 1. The maximum Gasteiger partial charge on any atom is 0.254 e. The lowest BCUT2D eigenvalue weighted by Gasteiger charge is -2.09. The van der Waals surface area contributed by atoms with E-state index in [4.69, 9.17) is 0 Å². The summed E-state index contributed by atoms with van der Waals surface area (Å²) in [5, 5.41) is 2.53. The van der Waals surface area contributed by atoms with Gasteiger partial charge in [-0.05, 0) is 24.1 Å². The third-order valence-corrected chi connectivity index (χ3v) is 2.91. The summed E-state index contributed by atoms with van der Waals surface area (Å²) in [6.45, 7) is 3.70. The lowest BCUT2D eigenvalue weighted by molar-refractivity contribution is -0.116. The molecule has 0 aliphatic carbocycles. The van der Waals surface area contributed by atoms with E-state index in [0.717, 1.165) is 0 Å². The van der Waals surface area contributed by atoms with Crippen molar-refractivity contribution in [3.8, 4) is 0 Å². The lowest BCUT2D eigenvalue weighted by atomic mass is 10.1. The summed E-state index contributed by atoms with van der Waals surface area (Å²) >= 11 is 0. The van der Waals surface area contributed by atoms with E-state index in [0.29, 0.717) is 11.4 Å². The molecule has 1 amide bonds. The van der Waals surface area contributed by atoms with Crippen LogP contribution in [0.5, 0.6) is 0 Å². The molecule has 0 bridgehead atoms. The number of nitrogens with zero attached hydrogens (tertiary/aromatic N) is 2. The van der Waals surface area contributed by atoms with Crippen LogP contribution in [0.25, 0.3) is 0 Å². The lowest BCUT2D eigenvalue weighted by Crippen LogP contribution is -2.28. The largest absolute Gasteiger partial charge is 0.324 e. The third-order valence-electron chi connectivity index (χ3n) is 2.91. The summed E-state index contributed by atoms with van der Waals surface area (Å²) in [6, 6.07) is 6.98. The predicted molar refractivity (Wildman–Crippen MR) is 77.6 cm³/mol. The molecule has 0 saturated heterocycles. The Kier molecular flexibility index (Phi) is 4.47. The first kappa shape index (κ1) is 14.9. The number of hydrogen-bond donors (Lipinski definition) is 1. The summed E-state index contributed by atoms with van der Waals surface area (Å²) in [4.78, 5) is 27.8. The van der Waals surface area contributed by atoms with Gasteiger partial charge < -0.3 is 5.32 Å². The Bertz CT molecular complexity index is 710. The number of benzene rings is 1. The van der Waals surface area contributed by atoms with Gasteiger partial charge in [0.05, 0.1) is 12.0 Å². The Morgan fingerprint density at radius 1 is 1.38 bits per heavy atom. The zero-order valence-electron chi connectivity index (χ0n) is 11.8. The highest BCUT2D eigenvalue weighted by atomic mass is 19.1. The Balaban J connectivity index is 2.08. The van der Waals surface area contributed by atoms with Crippen LogP contribution in [0.15, 0.2) is 41.5 Å². The molecular formula is C15H16FN3O2. The molecule has 2 aromatic rings. The molecule has 21 heavy (non-hydrogen) atoms. The van der Waals surface area contributed by atoms with Gasteiger partial charge in [-0.1, -0.05) is 19.9 Å². The highest BCUT2D eigenvalue weighted by Gasteiger charge is 2.08. The van der Waals surface area contributed by atoms with E-state index >= 15 is 0 Å². The fraction of sp³-hybridized carbons (Fsp3) is 0.267. The van der Waals surface area contributed by atoms with Crippen LogP contribution in [0.3, 0.4) is 0 Å². The van der Waals surface area contributed by atoms with Gasteiger partial charge in [0.15, 0.2) is 0 Å². The zero-order valence-corrected chi connectivity index (χ0v) is 11.8. The molecule has 2 rings (SSSR count).